The molecule has 0 aromatic heterocycles. The van der Waals surface area contributed by atoms with Gasteiger partial charge in [-0.1, -0.05) is 60.7 Å². The summed E-state index contributed by atoms with van der Waals surface area (Å²) in [5.74, 6) is 0. The maximum absolute atomic E-state index is 10.3. The first kappa shape index (κ1) is 15.7. The molecule has 2 aromatic carbocycles. The summed E-state index contributed by atoms with van der Waals surface area (Å²) < 4.78 is 0. The van der Waals surface area contributed by atoms with Gasteiger partial charge in [0.2, 0.25) is 0 Å². The summed E-state index contributed by atoms with van der Waals surface area (Å²) in [6.45, 7) is 3.84. The molecule has 3 heteroatoms. The molecule has 0 bridgehead atoms. The lowest BCUT2D eigenvalue weighted by atomic mass is 9.99. The molecule has 0 saturated carbocycles. The van der Waals surface area contributed by atoms with E-state index in [9.17, 15) is 10.2 Å². The highest BCUT2D eigenvalue weighted by Gasteiger charge is 2.22. The lowest BCUT2D eigenvalue weighted by Gasteiger charge is -2.27. The van der Waals surface area contributed by atoms with E-state index in [-0.39, 0.29) is 12.1 Å². The third-order valence-electron chi connectivity index (χ3n) is 3.76. The predicted molar refractivity (Wildman–Crippen MR) is 84.9 cm³/mol. The summed E-state index contributed by atoms with van der Waals surface area (Å²) in [4.78, 5) is 0. The smallest absolute Gasteiger partial charge is 0.0940 e. The van der Waals surface area contributed by atoms with Gasteiger partial charge in [-0.15, -0.1) is 0 Å². The first-order chi connectivity index (χ1) is 10.1. The summed E-state index contributed by atoms with van der Waals surface area (Å²) in [6.07, 6.45) is -1.20. The van der Waals surface area contributed by atoms with Gasteiger partial charge in [-0.2, -0.15) is 0 Å². The molecule has 0 aliphatic heterocycles. The Morgan fingerprint density at radius 1 is 0.667 bits per heavy atom. The summed E-state index contributed by atoms with van der Waals surface area (Å²) in [7, 11) is 0. The molecule has 0 amide bonds. The van der Waals surface area contributed by atoms with Gasteiger partial charge < -0.3 is 15.5 Å². The number of aliphatic hydroxyl groups excluding tert-OH is 2. The quantitative estimate of drug-likeness (QED) is 0.765. The molecule has 0 heterocycles. The number of hydrogen-bond donors (Lipinski definition) is 3. The summed E-state index contributed by atoms with van der Waals surface area (Å²) in [5, 5.41) is 24.0. The van der Waals surface area contributed by atoms with Gasteiger partial charge in [0, 0.05) is 12.1 Å². The number of nitrogens with one attached hydrogen (secondary N) is 1. The second kappa shape index (κ2) is 7.36. The minimum absolute atomic E-state index is 0.152. The summed E-state index contributed by atoms with van der Waals surface area (Å²) >= 11 is 0. The van der Waals surface area contributed by atoms with Crippen molar-refractivity contribution in [1.29, 1.82) is 0 Å². The van der Waals surface area contributed by atoms with Crippen molar-refractivity contribution in [2.45, 2.75) is 38.1 Å². The molecule has 0 spiro atoms. The zero-order valence-corrected chi connectivity index (χ0v) is 12.5. The zero-order valence-electron chi connectivity index (χ0n) is 12.5. The topological polar surface area (TPSA) is 52.5 Å². The Balaban J connectivity index is 1.97. The van der Waals surface area contributed by atoms with E-state index >= 15 is 0 Å². The third kappa shape index (κ3) is 4.14. The van der Waals surface area contributed by atoms with Crippen LogP contribution in [0.3, 0.4) is 0 Å². The average molecular weight is 285 g/mol. The van der Waals surface area contributed by atoms with E-state index in [2.05, 4.69) is 5.32 Å². The molecule has 0 aliphatic carbocycles. The zero-order chi connectivity index (χ0) is 15.2. The van der Waals surface area contributed by atoms with E-state index in [0.717, 1.165) is 11.1 Å². The van der Waals surface area contributed by atoms with Crippen LogP contribution in [0.4, 0.5) is 0 Å². The van der Waals surface area contributed by atoms with Crippen LogP contribution in [-0.4, -0.2) is 22.3 Å². The van der Waals surface area contributed by atoms with Gasteiger partial charge >= 0.3 is 0 Å². The van der Waals surface area contributed by atoms with Gasteiger partial charge in [0.25, 0.3) is 0 Å². The van der Waals surface area contributed by atoms with Gasteiger partial charge in [-0.3, -0.25) is 0 Å². The lowest BCUT2D eigenvalue weighted by molar-refractivity contribution is 0.0919. The molecule has 3 N–H and O–H groups in total. The molecule has 2 rings (SSSR count). The number of rotatable bonds is 6. The third-order valence-corrected chi connectivity index (χ3v) is 3.76. The lowest BCUT2D eigenvalue weighted by Crippen LogP contribution is -2.41. The van der Waals surface area contributed by atoms with Crippen molar-refractivity contribution in [2.24, 2.45) is 0 Å². The van der Waals surface area contributed by atoms with E-state index in [1.54, 1.807) is 0 Å². The van der Waals surface area contributed by atoms with Crippen molar-refractivity contribution in [2.75, 3.05) is 0 Å². The van der Waals surface area contributed by atoms with Gasteiger partial charge in [0.1, 0.15) is 0 Å². The van der Waals surface area contributed by atoms with Crippen molar-refractivity contribution in [3.05, 3.63) is 71.8 Å². The Hall–Kier alpha value is -1.68. The van der Waals surface area contributed by atoms with Crippen molar-refractivity contribution in [1.82, 2.24) is 5.32 Å². The maximum atomic E-state index is 10.3. The van der Waals surface area contributed by atoms with Crippen LogP contribution in [0.1, 0.15) is 37.2 Å². The average Bonchev–Trinajstić information content (AvgIpc) is 2.55. The molecule has 0 aliphatic rings. The highest BCUT2D eigenvalue weighted by molar-refractivity contribution is 5.20. The van der Waals surface area contributed by atoms with Crippen LogP contribution in [0, 0.1) is 0 Å². The molecular weight excluding hydrogens is 262 g/mol. The second-order valence-corrected chi connectivity index (χ2v) is 5.46. The molecule has 2 aromatic rings. The van der Waals surface area contributed by atoms with Gasteiger partial charge in [-0.05, 0) is 25.0 Å². The molecule has 3 nitrogen and oxygen atoms in total. The Morgan fingerprint density at radius 3 is 1.33 bits per heavy atom. The van der Waals surface area contributed by atoms with Crippen LogP contribution in [-0.2, 0) is 0 Å². The maximum Gasteiger partial charge on any atom is 0.0940 e. The molecular formula is C18H23NO2. The van der Waals surface area contributed by atoms with Crippen molar-refractivity contribution < 1.29 is 10.2 Å². The van der Waals surface area contributed by atoms with Crippen molar-refractivity contribution >= 4 is 0 Å². The highest BCUT2D eigenvalue weighted by Crippen LogP contribution is 2.20. The minimum Gasteiger partial charge on any atom is -0.387 e. The Morgan fingerprint density at radius 2 is 1.00 bits per heavy atom. The Bertz CT molecular complexity index is 480. The van der Waals surface area contributed by atoms with Crippen molar-refractivity contribution in [3.8, 4) is 0 Å². The van der Waals surface area contributed by atoms with Crippen LogP contribution in [0.25, 0.3) is 0 Å². The standard InChI is InChI=1S/C18H23NO2/c1-13(17(20)15-9-5-3-6-10-15)19-14(2)18(21)16-11-7-4-8-12-16/h3-14,17-21H,1-2H3. The summed E-state index contributed by atoms with van der Waals surface area (Å²) in [6, 6.07) is 18.8. The Labute approximate surface area is 126 Å². The molecule has 0 radical (unpaired) electrons. The molecule has 112 valence electrons. The van der Waals surface area contributed by atoms with Gasteiger partial charge in [-0.25, -0.2) is 0 Å². The number of aliphatic hydroxyl groups is 2. The van der Waals surface area contributed by atoms with Crippen LogP contribution in [0.5, 0.6) is 0 Å². The SMILES string of the molecule is CC(NC(C)C(O)c1ccccc1)C(O)c1ccccc1. The first-order valence-electron chi connectivity index (χ1n) is 7.31. The van der Waals surface area contributed by atoms with E-state index < -0.39 is 12.2 Å². The van der Waals surface area contributed by atoms with Gasteiger partial charge in [0.15, 0.2) is 0 Å². The van der Waals surface area contributed by atoms with Gasteiger partial charge in [0.05, 0.1) is 12.2 Å². The minimum atomic E-state index is -0.600. The largest absolute Gasteiger partial charge is 0.387 e. The van der Waals surface area contributed by atoms with Crippen LogP contribution in [0.2, 0.25) is 0 Å². The van der Waals surface area contributed by atoms with Crippen LogP contribution >= 0.6 is 0 Å². The monoisotopic (exact) mass is 285 g/mol. The van der Waals surface area contributed by atoms with Crippen LogP contribution < -0.4 is 5.32 Å². The van der Waals surface area contributed by atoms with E-state index in [4.69, 9.17) is 0 Å². The summed E-state index contributed by atoms with van der Waals surface area (Å²) in [5.41, 5.74) is 1.75. The second-order valence-electron chi connectivity index (χ2n) is 5.46. The molecule has 0 fully saturated rings. The fourth-order valence-electron chi connectivity index (χ4n) is 2.47. The molecule has 4 atom stereocenters. The highest BCUT2D eigenvalue weighted by atomic mass is 16.3. The number of hydrogen-bond acceptors (Lipinski definition) is 3. The van der Waals surface area contributed by atoms with E-state index in [1.165, 1.54) is 0 Å². The first-order valence-corrected chi connectivity index (χ1v) is 7.31. The fourth-order valence-corrected chi connectivity index (χ4v) is 2.47. The van der Waals surface area contributed by atoms with Crippen molar-refractivity contribution in [3.63, 3.8) is 0 Å². The molecule has 21 heavy (non-hydrogen) atoms. The Kier molecular flexibility index (Phi) is 5.51. The van der Waals surface area contributed by atoms with Crippen LogP contribution in [0.15, 0.2) is 60.7 Å². The van der Waals surface area contributed by atoms with E-state index in [0.29, 0.717) is 0 Å². The molecule has 4 unspecified atom stereocenters. The fraction of sp³-hybridized carbons (Fsp3) is 0.333. The normalized spacial score (nSPS) is 17.0. The predicted octanol–water partition coefficient (Wildman–Crippen LogP) is 2.82. The molecule has 0 saturated heterocycles. The van der Waals surface area contributed by atoms with E-state index in [1.807, 2.05) is 74.5 Å². The number of benzene rings is 2.